The van der Waals surface area contributed by atoms with E-state index in [1.807, 2.05) is 0 Å². The van der Waals surface area contributed by atoms with Gasteiger partial charge in [0, 0.05) is 11.0 Å². The summed E-state index contributed by atoms with van der Waals surface area (Å²) in [7, 11) is 0. The highest BCUT2D eigenvalue weighted by molar-refractivity contribution is 9.10. The molecule has 1 aromatic carbocycles. The standard InChI is InChI=1S/C12H16BrN/c1-8-3-4-11(13)12(9(8)2)10-5-6-14-7-10/h3-4,10,14H,5-7H2,1-2H3. The Balaban J connectivity index is 2.44. The fourth-order valence-electron chi connectivity index (χ4n) is 2.21. The molecule has 1 aromatic rings. The first-order valence-corrected chi connectivity index (χ1v) is 5.95. The second-order valence-corrected chi connectivity index (χ2v) is 4.95. The normalized spacial score (nSPS) is 21.5. The van der Waals surface area contributed by atoms with Crippen molar-refractivity contribution in [3.63, 3.8) is 0 Å². The van der Waals surface area contributed by atoms with Gasteiger partial charge in [0.2, 0.25) is 0 Å². The summed E-state index contributed by atoms with van der Waals surface area (Å²) in [6, 6.07) is 4.36. The summed E-state index contributed by atoms with van der Waals surface area (Å²) >= 11 is 3.66. The summed E-state index contributed by atoms with van der Waals surface area (Å²) in [6.07, 6.45) is 1.27. The van der Waals surface area contributed by atoms with Crippen molar-refractivity contribution in [3.8, 4) is 0 Å². The predicted molar refractivity (Wildman–Crippen MR) is 63.8 cm³/mol. The van der Waals surface area contributed by atoms with E-state index < -0.39 is 0 Å². The average Bonchev–Trinajstić information content (AvgIpc) is 2.65. The van der Waals surface area contributed by atoms with E-state index in [2.05, 4.69) is 47.2 Å². The minimum absolute atomic E-state index is 0.698. The molecule has 1 N–H and O–H groups in total. The SMILES string of the molecule is Cc1ccc(Br)c(C2CCNC2)c1C. The van der Waals surface area contributed by atoms with Crippen LogP contribution in [0.4, 0.5) is 0 Å². The van der Waals surface area contributed by atoms with Gasteiger partial charge in [-0.25, -0.2) is 0 Å². The van der Waals surface area contributed by atoms with Crippen molar-refractivity contribution < 1.29 is 0 Å². The molecular formula is C12H16BrN. The maximum atomic E-state index is 3.66. The van der Waals surface area contributed by atoms with Crippen molar-refractivity contribution in [2.75, 3.05) is 13.1 Å². The zero-order valence-corrected chi connectivity index (χ0v) is 10.3. The number of benzene rings is 1. The molecule has 1 heterocycles. The third-order valence-electron chi connectivity index (χ3n) is 3.20. The second-order valence-electron chi connectivity index (χ2n) is 4.09. The summed E-state index contributed by atoms with van der Waals surface area (Å²) in [5, 5.41) is 3.42. The van der Waals surface area contributed by atoms with Crippen LogP contribution in [0.3, 0.4) is 0 Å². The van der Waals surface area contributed by atoms with E-state index in [4.69, 9.17) is 0 Å². The van der Waals surface area contributed by atoms with Gasteiger partial charge >= 0.3 is 0 Å². The Labute approximate surface area is 94.0 Å². The van der Waals surface area contributed by atoms with Crippen molar-refractivity contribution in [2.45, 2.75) is 26.2 Å². The number of halogens is 1. The van der Waals surface area contributed by atoms with E-state index in [0.717, 1.165) is 13.1 Å². The lowest BCUT2D eigenvalue weighted by Crippen LogP contribution is -2.09. The number of hydrogen-bond acceptors (Lipinski definition) is 1. The third kappa shape index (κ3) is 1.73. The molecule has 76 valence electrons. The molecule has 1 fully saturated rings. The molecule has 0 radical (unpaired) electrons. The predicted octanol–water partition coefficient (Wildman–Crippen LogP) is 3.14. The Hall–Kier alpha value is -0.340. The maximum Gasteiger partial charge on any atom is 0.0213 e. The third-order valence-corrected chi connectivity index (χ3v) is 3.89. The maximum absolute atomic E-state index is 3.66. The Morgan fingerprint density at radius 2 is 2.14 bits per heavy atom. The molecular weight excluding hydrogens is 238 g/mol. The van der Waals surface area contributed by atoms with Gasteiger partial charge in [-0.15, -0.1) is 0 Å². The lowest BCUT2D eigenvalue weighted by atomic mass is 9.92. The van der Waals surface area contributed by atoms with Crippen LogP contribution in [-0.2, 0) is 0 Å². The molecule has 1 saturated heterocycles. The first-order valence-electron chi connectivity index (χ1n) is 5.16. The minimum atomic E-state index is 0.698. The van der Waals surface area contributed by atoms with E-state index >= 15 is 0 Å². The lowest BCUT2D eigenvalue weighted by molar-refractivity contribution is 0.752. The zero-order valence-electron chi connectivity index (χ0n) is 8.73. The van der Waals surface area contributed by atoms with Gasteiger partial charge in [-0.05, 0) is 55.5 Å². The van der Waals surface area contributed by atoms with Crippen molar-refractivity contribution in [1.82, 2.24) is 5.32 Å². The molecule has 14 heavy (non-hydrogen) atoms. The van der Waals surface area contributed by atoms with Crippen LogP contribution >= 0.6 is 15.9 Å². The number of aryl methyl sites for hydroxylation is 1. The van der Waals surface area contributed by atoms with Crippen LogP contribution in [-0.4, -0.2) is 13.1 Å². The van der Waals surface area contributed by atoms with Gasteiger partial charge in [-0.1, -0.05) is 22.0 Å². The van der Waals surface area contributed by atoms with Crippen LogP contribution in [0.5, 0.6) is 0 Å². The Kier molecular flexibility index (Phi) is 2.93. The van der Waals surface area contributed by atoms with Gasteiger partial charge in [-0.3, -0.25) is 0 Å². The molecule has 0 aliphatic carbocycles. The van der Waals surface area contributed by atoms with E-state index in [9.17, 15) is 0 Å². The Morgan fingerprint density at radius 1 is 1.36 bits per heavy atom. The van der Waals surface area contributed by atoms with Crippen molar-refractivity contribution in [2.24, 2.45) is 0 Å². The summed E-state index contributed by atoms with van der Waals surface area (Å²) in [5.74, 6) is 0.698. The van der Waals surface area contributed by atoms with Gasteiger partial charge < -0.3 is 5.32 Å². The monoisotopic (exact) mass is 253 g/mol. The molecule has 1 aliphatic heterocycles. The van der Waals surface area contributed by atoms with E-state index in [1.165, 1.54) is 27.6 Å². The molecule has 0 spiro atoms. The Morgan fingerprint density at radius 3 is 2.79 bits per heavy atom. The van der Waals surface area contributed by atoms with Crippen molar-refractivity contribution >= 4 is 15.9 Å². The van der Waals surface area contributed by atoms with Gasteiger partial charge in [0.15, 0.2) is 0 Å². The molecule has 1 aliphatic rings. The molecule has 1 atom stereocenters. The van der Waals surface area contributed by atoms with Gasteiger partial charge in [0.05, 0.1) is 0 Å². The lowest BCUT2D eigenvalue weighted by Gasteiger charge is -2.16. The first kappa shape index (κ1) is 10.2. The summed E-state index contributed by atoms with van der Waals surface area (Å²) in [5.41, 5.74) is 4.36. The molecule has 1 unspecified atom stereocenters. The van der Waals surface area contributed by atoms with Crippen LogP contribution < -0.4 is 5.32 Å². The highest BCUT2D eigenvalue weighted by Gasteiger charge is 2.21. The largest absolute Gasteiger partial charge is 0.316 e. The molecule has 0 aromatic heterocycles. The zero-order chi connectivity index (χ0) is 10.1. The average molecular weight is 254 g/mol. The smallest absolute Gasteiger partial charge is 0.0213 e. The van der Waals surface area contributed by atoms with E-state index in [0.29, 0.717) is 5.92 Å². The molecule has 1 nitrogen and oxygen atoms in total. The highest BCUT2D eigenvalue weighted by atomic mass is 79.9. The fraction of sp³-hybridized carbons (Fsp3) is 0.500. The first-order chi connectivity index (χ1) is 6.70. The Bertz CT molecular complexity index is 340. The van der Waals surface area contributed by atoms with Crippen LogP contribution in [0, 0.1) is 13.8 Å². The van der Waals surface area contributed by atoms with E-state index in [-0.39, 0.29) is 0 Å². The molecule has 0 saturated carbocycles. The van der Waals surface area contributed by atoms with Crippen molar-refractivity contribution in [1.29, 1.82) is 0 Å². The molecule has 2 rings (SSSR count). The fourth-order valence-corrected chi connectivity index (χ4v) is 2.96. The topological polar surface area (TPSA) is 12.0 Å². The summed E-state index contributed by atoms with van der Waals surface area (Å²) < 4.78 is 1.27. The number of hydrogen-bond donors (Lipinski definition) is 1. The minimum Gasteiger partial charge on any atom is -0.316 e. The number of nitrogens with one attached hydrogen (secondary N) is 1. The molecule has 0 amide bonds. The summed E-state index contributed by atoms with van der Waals surface area (Å²) in [4.78, 5) is 0. The number of rotatable bonds is 1. The van der Waals surface area contributed by atoms with Crippen LogP contribution in [0.2, 0.25) is 0 Å². The summed E-state index contributed by atoms with van der Waals surface area (Å²) in [6.45, 7) is 6.70. The van der Waals surface area contributed by atoms with E-state index in [1.54, 1.807) is 0 Å². The van der Waals surface area contributed by atoms with Crippen LogP contribution in [0.15, 0.2) is 16.6 Å². The van der Waals surface area contributed by atoms with Gasteiger partial charge in [0.25, 0.3) is 0 Å². The second kappa shape index (κ2) is 4.03. The van der Waals surface area contributed by atoms with Crippen LogP contribution in [0.25, 0.3) is 0 Å². The molecule has 0 bridgehead atoms. The van der Waals surface area contributed by atoms with Gasteiger partial charge in [0.1, 0.15) is 0 Å². The highest BCUT2D eigenvalue weighted by Crippen LogP contribution is 2.33. The quantitative estimate of drug-likeness (QED) is 0.811. The van der Waals surface area contributed by atoms with Crippen molar-refractivity contribution in [3.05, 3.63) is 33.3 Å². The van der Waals surface area contributed by atoms with Gasteiger partial charge in [-0.2, -0.15) is 0 Å². The molecule has 2 heteroatoms. The van der Waals surface area contributed by atoms with Crippen LogP contribution in [0.1, 0.15) is 29.0 Å².